The number of fused-ring (bicyclic) bond motifs is 4. The predicted octanol–water partition coefficient (Wildman–Crippen LogP) is 0.593. The quantitative estimate of drug-likeness (QED) is 0.309. The van der Waals surface area contributed by atoms with Crippen molar-refractivity contribution in [1.82, 2.24) is 0 Å². The molecule has 0 aromatic carbocycles. The molecule has 4 rings (SSSR count). The van der Waals surface area contributed by atoms with Crippen LogP contribution in [-0.4, -0.2) is 43.9 Å². The van der Waals surface area contributed by atoms with E-state index >= 15 is 0 Å². The number of hydrogen-bond donors (Lipinski definition) is 0. The Morgan fingerprint density at radius 1 is 1.00 bits per heavy atom. The normalized spacial score (nSPS) is 39.5. The van der Waals surface area contributed by atoms with Crippen LogP contribution in [0.3, 0.4) is 0 Å². The fraction of sp³-hybridized carbons (Fsp3) is 0.667. The van der Waals surface area contributed by atoms with Gasteiger partial charge in [0.25, 0.3) is 0 Å². The van der Waals surface area contributed by atoms with E-state index in [1.807, 2.05) is 13.0 Å². The highest BCUT2D eigenvalue weighted by atomic mass is 16.7. The molecule has 2 saturated heterocycles. The van der Waals surface area contributed by atoms with E-state index < -0.39 is 59.6 Å². The zero-order chi connectivity index (χ0) is 18.6. The molecule has 2 aliphatic heterocycles. The maximum atomic E-state index is 12.3. The number of carbonyl (C=O) groups excluding carboxylic acids is 4. The van der Waals surface area contributed by atoms with Crippen LogP contribution in [0, 0.1) is 35.5 Å². The van der Waals surface area contributed by atoms with Gasteiger partial charge in [0, 0.05) is 13.0 Å². The Morgan fingerprint density at radius 3 is 2.35 bits per heavy atom. The van der Waals surface area contributed by atoms with Gasteiger partial charge in [-0.3, -0.25) is 19.2 Å². The third-order valence-corrected chi connectivity index (χ3v) is 6.12. The minimum absolute atomic E-state index is 0.0442. The van der Waals surface area contributed by atoms with Gasteiger partial charge < -0.3 is 18.9 Å². The smallest absolute Gasteiger partial charge is 0.318 e. The highest BCUT2D eigenvalue weighted by molar-refractivity contribution is 5.99. The lowest BCUT2D eigenvalue weighted by atomic mass is 9.57. The van der Waals surface area contributed by atoms with Crippen molar-refractivity contribution in [3.63, 3.8) is 0 Å². The Hall–Kier alpha value is -2.06. The summed E-state index contributed by atoms with van der Waals surface area (Å²) in [6.45, 7) is 1.85. The van der Waals surface area contributed by atoms with E-state index in [1.54, 1.807) is 0 Å². The van der Waals surface area contributed by atoms with Gasteiger partial charge in [0.1, 0.15) is 6.79 Å². The lowest BCUT2D eigenvalue weighted by Gasteiger charge is -2.44. The molecule has 0 amide bonds. The van der Waals surface area contributed by atoms with Gasteiger partial charge in [-0.05, 0) is 25.7 Å². The van der Waals surface area contributed by atoms with E-state index in [-0.39, 0.29) is 12.7 Å². The number of hydrogen-bond acceptors (Lipinski definition) is 8. The van der Waals surface area contributed by atoms with Gasteiger partial charge in [0.05, 0.1) is 29.8 Å². The van der Waals surface area contributed by atoms with E-state index in [0.29, 0.717) is 12.8 Å². The van der Waals surface area contributed by atoms with Gasteiger partial charge in [-0.15, -0.1) is 0 Å². The largest absolute Gasteiger partial charge is 0.393 e. The number of cyclic esters (lactones) is 4. The van der Waals surface area contributed by atoms with Crippen molar-refractivity contribution < 1.29 is 38.1 Å². The SMILES string of the molecule is COCO[C@@H](C)[C@@H]1C2=CC[C@H]3C(=O)OC(=O)[C@H]3[C@H]2C[C@@H]2C(=O)OC(=O)[C@H]12. The van der Waals surface area contributed by atoms with E-state index in [1.165, 1.54) is 7.11 Å². The maximum absolute atomic E-state index is 12.3. The maximum Gasteiger partial charge on any atom is 0.318 e. The van der Waals surface area contributed by atoms with Gasteiger partial charge in [-0.2, -0.15) is 0 Å². The average Bonchev–Trinajstić information content (AvgIpc) is 3.06. The number of rotatable bonds is 4. The second kappa shape index (κ2) is 6.28. The van der Waals surface area contributed by atoms with Crippen molar-refractivity contribution in [1.29, 1.82) is 0 Å². The summed E-state index contributed by atoms with van der Waals surface area (Å²) in [5.41, 5.74) is 0.884. The summed E-state index contributed by atoms with van der Waals surface area (Å²) < 4.78 is 20.3. The Morgan fingerprint density at radius 2 is 1.65 bits per heavy atom. The predicted molar refractivity (Wildman–Crippen MR) is 82.9 cm³/mol. The Balaban J connectivity index is 1.73. The van der Waals surface area contributed by atoms with Crippen LogP contribution in [0.25, 0.3) is 0 Å². The van der Waals surface area contributed by atoms with Crippen molar-refractivity contribution in [2.45, 2.75) is 25.9 Å². The highest BCUT2D eigenvalue weighted by Crippen LogP contribution is 2.55. The molecule has 2 heterocycles. The van der Waals surface area contributed by atoms with Crippen molar-refractivity contribution >= 4 is 23.9 Å². The zero-order valence-corrected chi connectivity index (χ0v) is 14.5. The van der Waals surface area contributed by atoms with Crippen LogP contribution in [0.2, 0.25) is 0 Å². The molecule has 0 unspecified atom stereocenters. The number of methoxy groups -OCH3 is 1. The van der Waals surface area contributed by atoms with Gasteiger partial charge in [0.15, 0.2) is 0 Å². The zero-order valence-electron chi connectivity index (χ0n) is 14.5. The van der Waals surface area contributed by atoms with Crippen LogP contribution in [-0.2, 0) is 38.1 Å². The fourth-order valence-electron chi connectivity index (χ4n) is 5.05. The third-order valence-electron chi connectivity index (χ3n) is 6.12. The second-order valence-corrected chi connectivity index (χ2v) is 7.33. The van der Waals surface area contributed by atoms with E-state index in [4.69, 9.17) is 18.9 Å². The Bertz CT molecular complexity index is 710. The number of carbonyl (C=O) groups is 4. The number of ether oxygens (including phenoxy) is 4. The molecule has 0 aromatic rings. The molecule has 3 fully saturated rings. The molecular weight excluding hydrogens is 344 g/mol. The molecule has 4 aliphatic rings. The molecule has 140 valence electrons. The van der Waals surface area contributed by atoms with Gasteiger partial charge in [-0.25, -0.2) is 0 Å². The molecule has 0 spiro atoms. The van der Waals surface area contributed by atoms with Crippen molar-refractivity contribution in [2.24, 2.45) is 35.5 Å². The molecule has 0 aromatic heterocycles. The first-order chi connectivity index (χ1) is 12.4. The van der Waals surface area contributed by atoms with Gasteiger partial charge in [-0.1, -0.05) is 11.6 Å². The first kappa shape index (κ1) is 17.4. The summed E-state index contributed by atoms with van der Waals surface area (Å²) >= 11 is 0. The molecule has 8 heteroatoms. The molecule has 1 saturated carbocycles. The van der Waals surface area contributed by atoms with Crippen LogP contribution in [0.1, 0.15) is 19.8 Å². The molecule has 26 heavy (non-hydrogen) atoms. The van der Waals surface area contributed by atoms with E-state index in [2.05, 4.69) is 0 Å². The monoisotopic (exact) mass is 364 g/mol. The van der Waals surface area contributed by atoms with Crippen LogP contribution in [0.15, 0.2) is 11.6 Å². The first-order valence-electron chi connectivity index (χ1n) is 8.75. The number of esters is 4. The molecular formula is C18H20O8. The minimum atomic E-state index is -0.637. The molecule has 0 N–H and O–H groups in total. The molecule has 0 bridgehead atoms. The fourth-order valence-corrected chi connectivity index (χ4v) is 5.05. The second-order valence-electron chi connectivity index (χ2n) is 7.33. The summed E-state index contributed by atoms with van der Waals surface area (Å²) in [6, 6.07) is 0. The Labute approximate surface area is 149 Å². The lowest BCUT2D eigenvalue weighted by molar-refractivity contribution is -0.156. The van der Waals surface area contributed by atoms with E-state index in [0.717, 1.165) is 5.57 Å². The summed E-state index contributed by atoms with van der Waals surface area (Å²) in [5.74, 6) is -5.30. The minimum Gasteiger partial charge on any atom is -0.393 e. The molecule has 0 radical (unpaired) electrons. The molecule has 8 nitrogen and oxygen atoms in total. The van der Waals surface area contributed by atoms with Crippen LogP contribution in [0.5, 0.6) is 0 Å². The summed E-state index contributed by atoms with van der Waals surface area (Å²) in [6.07, 6.45) is 2.18. The molecule has 2 aliphatic carbocycles. The van der Waals surface area contributed by atoms with Crippen LogP contribution >= 0.6 is 0 Å². The van der Waals surface area contributed by atoms with Crippen LogP contribution < -0.4 is 0 Å². The summed E-state index contributed by atoms with van der Waals surface area (Å²) in [7, 11) is 1.50. The van der Waals surface area contributed by atoms with Crippen molar-refractivity contribution in [2.75, 3.05) is 13.9 Å². The first-order valence-corrected chi connectivity index (χ1v) is 8.75. The highest BCUT2D eigenvalue weighted by Gasteiger charge is 2.61. The third kappa shape index (κ3) is 2.43. The van der Waals surface area contributed by atoms with Crippen LogP contribution in [0.4, 0.5) is 0 Å². The topological polar surface area (TPSA) is 105 Å². The molecule has 7 atom stereocenters. The van der Waals surface area contributed by atoms with Gasteiger partial charge >= 0.3 is 23.9 Å². The summed E-state index contributed by atoms with van der Waals surface area (Å²) in [4.78, 5) is 48.7. The lowest BCUT2D eigenvalue weighted by Crippen LogP contribution is -2.47. The van der Waals surface area contributed by atoms with Crippen molar-refractivity contribution in [3.05, 3.63) is 11.6 Å². The Kier molecular flexibility index (Phi) is 4.19. The number of allylic oxidation sites excluding steroid dienone is 1. The van der Waals surface area contributed by atoms with Crippen molar-refractivity contribution in [3.8, 4) is 0 Å². The summed E-state index contributed by atoms with van der Waals surface area (Å²) in [5, 5.41) is 0. The average molecular weight is 364 g/mol. The standard InChI is InChI=1S/C18H20O8/c1-7(24-6-23-2)12-8-3-4-9-13(17(21)25-15(9)19)10(8)5-11-14(12)18(22)26-16(11)20/h3,7,9-14H,4-6H2,1-2H3/t7-,9+,10-,11-,12+,13+,14-/m0/s1. The van der Waals surface area contributed by atoms with E-state index in [9.17, 15) is 19.2 Å². The van der Waals surface area contributed by atoms with Gasteiger partial charge in [0.2, 0.25) is 0 Å².